The molecule has 1 aliphatic carbocycles. The van der Waals surface area contributed by atoms with Crippen LogP contribution in [0.15, 0.2) is 60.7 Å². The first-order valence-corrected chi connectivity index (χ1v) is 13.9. The minimum absolute atomic E-state index is 0.286. The van der Waals surface area contributed by atoms with Crippen LogP contribution in [0.4, 0.5) is 4.79 Å². The van der Waals surface area contributed by atoms with Gasteiger partial charge in [0.15, 0.2) is 0 Å². The van der Waals surface area contributed by atoms with E-state index in [1.807, 2.05) is 30.3 Å². The summed E-state index contributed by atoms with van der Waals surface area (Å²) in [4.78, 5) is 15.2. The van der Waals surface area contributed by atoms with Gasteiger partial charge in [-0.25, -0.2) is 4.79 Å². The maximum Gasteiger partial charge on any atom is 0.407 e. The normalized spacial score (nSPS) is 21.6. The van der Waals surface area contributed by atoms with E-state index in [1.165, 1.54) is 36.6 Å². The van der Waals surface area contributed by atoms with Crippen LogP contribution >= 0.6 is 0 Å². The minimum Gasteiger partial charge on any atom is -0.443 e. The number of piperidine rings is 1. The lowest BCUT2D eigenvalue weighted by molar-refractivity contribution is 0.0873. The maximum atomic E-state index is 12.4. The van der Waals surface area contributed by atoms with E-state index in [2.05, 4.69) is 59.0 Å². The first kappa shape index (κ1) is 24.9. The monoisotopic (exact) mass is 487 g/mol. The lowest BCUT2D eigenvalue weighted by atomic mass is 9.79. The van der Waals surface area contributed by atoms with E-state index >= 15 is 0 Å². The van der Waals surface area contributed by atoms with Gasteiger partial charge < -0.3 is 19.5 Å². The summed E-state index contributed by atoms with van der Waals surface area (Å²) < 4.78 is 8.13. The fourth-order valence-corrected chi connectivity index (χ4v) is 6.38. The fourth-order valence-electron chi connectivity index (χ4n) is 6.38. The molecule has 0 bridgehead atoms. The predicted octanol–water partition coefficient (Wildman–Crippen LogP) is 6.92. The largest absolute Gasteiger partial charge is 0.443 e. The van der Waals surface area contributed by atoms with Crippen molar-refractivity contribution in [2.24, 2.45) is 11.8 Å². The van der Waals surface area contributed by atoms with Crippen LogP contribution in [0.5, 0.6) is 0 Å². The number of hydrogen-bond acceptors (Lipinski definition) is 3. The number of amides is 1. The molecule has 2 aliphatic rings. The van der Waals surface area contributed by atoms with Crippen molar-refractivity contribution < 1.29 is 9.53 Å². The van der Waals surface area contributed by atoms with E-state index in [1.54, 1.807) is 0 Å². The summed E-state index contributed by atoms with van der Waals surface area (Å²) in [6, 6.07) is 21.9. The Kier molecular flexibility index (Phi) is 7.96. The summed E-state index contributed by atoms with van der Waals surface area (Å²) in [5.41, 5.74) is 3.40. The lowest BCUT2D eigenvalue weighted by Crippen LogP contribution is -2.44. The van der Waals surface area contributed by atoms with E-state index in [0.717, 1.165) is 55.1 Å². The zero-order valence-corrected chi connectivity index (χ0v) is 21.9. The van der Waals surface area contributed by atoms with E-state index in [9.17, 15) is 4.79 Å². The number of nitrogens with one attached hydrogen (secondary N) is 1. The Morgan fingerprint density at radius 2 is 1.61 bits per heavy atom. The van der Waals surface area contributed by atoms with Crippen molar-refractivity contribution in [2.45, 2.75) is 77.6 Å². The van der Waals surface area contributed by atoms with Crippen molar-refractivity contribution in [3.63, 3.8) is 0 Å². The molecule has 0 atom stereocenters. The van der Waals surface area contributed by atoms with Crippen LogP contribution in [-0.2, 0) is 17.9 Å². The minimum atomic E-state index is -0.373. The molecule has 1 saturated heterocycles. The Morgan fingerprint density at radius 1 is 0.917 bits per heavy atom. The number of fused-ring (bicyclic) bond motifs is 1. The fraction of sp³-hybridized carbons (Fsp3) is 0.516. The molecule has 3 aromatic rings. The van der Waals surface area contributed by atoms with Crippen LogP contribution in [0.1, 0.15) is 69.7 Å². The third kappa shape index (κ3) is 5.78. The van der Waals surface area contributed by atoms with Crippen LogP contribution in [0.3, 0.4) is 0 Å². The van der Waals surface area contributed by atoms with Gasteiger partial charge in [-0.2, -0.15) is 0 Å². The number of hydrogen-bond donors (Lipinski definition) is 1. The zero-order valence-electron chi connectivity index (χ0n) is 21.9. The van der Waals surface area contributed by atoms with Gasteiger partial charge in [0.25, 0.3) is 0 Å². The van der Waals surface area contributed by atoms with E-state index in [4.69, 9.17) is 4.74 Å². The second-order valence-corrected chi connectivity index (χ2v) is 11.1. The van der Waals surface area contributed by atoms with Gasteiger partial charge in [-0.05, 0) is 73.4 Å². The Hall–Kier alpha value is -2.79. The van der Waals surface area contributed by atoms with Crippen molar-refractivity contribution in [1.29, 1.82) is 0 Å². The number of rotatable bonds is 7. The second kappa shape index (κ2) is 11.5. The van der Waals surface area contributed by atoms with E-state index in [0.29, 0.717) is 12.6 Å². The molecule has 5 heteroatoms. The number of para-hydroxylation sites is 1. The molecule has 36 heavy (non-hydrogen) atoms. The van der Waals surface area contributed by atoms with Gasteiger partial charge in [0.2, 0.25) is 0 Å². The average Bonchev–Trinajstić information content (AvgIpc) is 3.30. The molecule has 0 spiro atoms. The highest BCUT2D eigenvalue weighted by Crippen LogP contribution is 2.36. The number of nitrogens with zero attached hydrogens (tertiary/aromatic N) is 2. The molecule has 1 aromatic heterocycles. The van der Waals surface area contributed by atoms with Crippen LogP contribution < -0.4 is 5.32 Å². The van der Waals surface area contributed by atoms with E-state index < -0.39 is 0 Å². The molecule has 5 nitrogen and oxygen atoms in total. The maximum absolute atomic E-state index is 12.4. The second-order valence-electron chi connectivity index (χ2n) is 11.1. The third-order valence-corrected chi connectivity index (χ3v) is 8.52. The van der Waals surface area contributed by atoms with Crippen LogP contribution in [0, 0.1) is 11.8 Å². The average molecular weight is 488 g/mol. The highest BCUT2D eigenvalue weighted by molar-refractivity contribution is 5.81. The third-order valence-electron chi connectivity index (χ3n) is 8.52. The van der Waals surface area contributed by atoms with Crippen LogP contribution in [-0.4, -0.2) is 34.7 Å². The number of likely N-dealkylation sites (tertiary alicyclic amines) is 1. The zero-order chi connectivity index (χ0) is 24.9. The van der Waals surface area contributed by atoms with Crippen molar-refractivity contribution in [3.05, 3.63) is 71.9 Å². The van der Waals surface area contributed by atoms with Crippen LogP contribution in [0.25, 0.3) is 10.9 Å². The smallest absolute Gasteiger partial charge is 0.407 e. The highest BCUT2D eigenvalue weighted by Gasteiger charge is 2.31. The Bertz CT molecular complexity index is 1120. The summed E-state index contributed by atoms with van der Waals surface area (Å²) in [5.74, 6) is 1.73. The first-order chi connectivity index (χ1) is 17.6. The summed E-state index contributed by atoms with van der Waals surface area (Å²) in [7, 11) is 0. The molecule has 192 valence electrons. The molecule has 0 unspecified atom stereocenters. The predicted molar refractivity (Wildman–Crippen MR) is 146 cm³/mol. The lowest BCUT2D eigenvalue weighted by Gasteiger charge is -2.42. The molecule has 2 fully saturated rings. The van der Waals surface area contributed by atoms with Gasteiger partial charge in [-0.15, -0.1) is 0 Å². The first-order valence-electron chi connectivity index (χ1n) is 13.9. The molecular formula is C31H41N3O2. The van der Waals surface area contributed by atoms with Crippen molar-refractivity contribution in [2.75, 3.05) is 13.1 Å². The number of carbonyl (C=O) groups excluding carboxylic acids is 1. The molecule has 0 radical (unpaired) electrons. The number of aromatic nitrogens is 1. The molecule has 1 N–H and O–H groups in total. The van der Waals surface area contributed by atoms with Crippen LogP contribution in [0.2, 0.25) is 0 Å². The molecular weight excluding hydrogens is 446 g/mol. The molecule has 1 amide bonds. The standard InChI is InChI=1S/C31H41N3O2/c1-23(2)25-12-14-27(15-13-25)33-18-16-28(17-19-33)34-29(20-26-10-6-7-11-30(26)34)22-36-31(35)32-21-24-8-4-3-5-9-24/h3-11,20,23,25,27-28H,12-19,21-22H2,1-2H3,(H,32,35). The van der Waals surface area contributed by atoms with Gasteiger partial charge in [-0.1, -0.05) is 62.4 Å². The van der Waals surface area contributed by atoms with Gasteiger partial charge in [0.05, 0.1) is 5.69 Å². The molecule has 5 rings (SSSR count). The van der Waals surface area contributed by atoms with Crippen molar-refractivity contribution in [1.82, 2.24) is 14.8 Å². The summed E-state index contributed by atoms with van der Waals surface area (Å²) in [5, 5.41) is 4.09. The van der Waals surface area contributed by atoms with Gasteiger partial charge in [0, 0.05) is 37.2 Å². The molecule has 2 aromatic carbocycles. The Morgan fingerprint density at radius 3 is 2.33 bits per heavy atom. The number of ether oxygens (including phenoxy) is 1. The Balaban J connectivity index is 1.21. The molecule has 1 saturated carbocycles. The van der Waals surface area contributed by atoms with Crippen molar-refractivity contribution in [3.8, 4) is 0 Å². The van der Waals surface area contributed by atoms with Gasteiger partial charge >= 0.3 is 6.09 Å². The summed E-state index contributed by atoms with van der Waals surface area (Å²) in [6.45, 7) is 7.84. The SMILES string of the molecule is CC(C)C1CCC(N2CCC(n3c(COC(=O)NCc4ccccc4)cc4ccccc43)CC2)CC1. The Labute approximate surface area is 215 Å². The van der Waals surface area contributed by atoms with Gasteiger partial charge in [0.1, 0.15) is 6.61 Å². The number of benzene rings is 2. The highest BCUT2D eigenvalue weighted by atomic mass is 16.5. The summed E-state index contributed by atoms with van der Waals surface area (Å²) in [6.07, 6.45) is 7.42. The molecule has 1 aliphatic heterocycles. The quantitative estimate of drug-likeness (QED) is 0.393. The topological polar surface area (TPSA) is 46.5 Å². The van der Waals surface area contributed by atoms with Crippen molar-refractivity contribution >= 4 is 17.0 Å². The van der Waals surface area contributed by atoms with Gasteiger partial charge in [-0.3, -0.25) is 0 Å². The number of carbonyl (C=O) groups is 1. The number of alkyl carbamates (subject to hydrolysis) is 1. The summed E-state index contributed by atoms with van der Waals surface area (Å²) >= 11 is 0. The molecule has 2 heterocycles. The van der Waals surface area contributed by atoms with E-state index in [-0.39, 0.29) is 12.7 Å².